The maximum Gasteiger partial charge on any atom is 0.175 e. The predicted molar refractivity (Wildman–Crippen MR) is 79.4 cm³/mol. The summed E-state index contributed by atoms with van der Waals surface area (Å²) in [6, 6.07) is 7.41. The van der Waals surface area contributed by atoms with E-state index in [1.807, 2.05) is 30.5 Å². The summed E-state index contributed by atoms with van der Waals surface area (Å²) in [7, 11) is 0. The number of hydrogen-bond donors (Lipinski definition) is 0. The second kappa shape index (κ2) is 7.23. The number of thioether (sulfide) groups is 2. The summed E-state index contributed by atoms with van der Waals surface area (Å²) in [5.41, 5.74) is 0. The van der Waals surface area contributed by atoms with Crippen LogP contribution in [0.4, 0.5) is 0 Å². The molecule has 0 spiro atoms. The molecule has 0 bridgehead atoms. The van der Waals surface area contributed by atoms with Gasteiger partial charge in [0.2, 0.25) is 0 Å². The zero-order chi connectivity index (χ0) is 12.8. The Morgan fingerprint density at radius 3 is 2.89 bits per heavy atom. The van der Waals surface area contributed by atoms with Crippen LogP contribution in [0.25, 0.3) is 0 Å². The number of nitrogens with zero attached hydrogens (tertiary/aromatic N) is 2. The van der Waals surface area contributed by atoms with Gasteiger partial charge in [-0.25, -0.2) is 0 Å². The van der Waals surface area contributed by atoms with Crippen LogP contribution < -0.4 is 4.74 Å². The third-order valence-electron chi connectivity index (χ3n) is 1.94. The molecule has 0 saturated carbocycles. The first-order valence-electron chi connectivity index (χ1n) is 5.16. The van der Waals surface area contributed by atoms with Crippen LogP contribution in [0.15, 0.2) is 32.9 Å². The number of hydrogen-bond acceptors (Lipinski definition) is 6. The van der Waals surface area contributed by atoms with E-state index in [4.69, 9.17) is 16.3 Å². The fraction of sp³-hybridized carbons (Fsp3) is 0.273. The molecule has 0 radical (unpaired) electrons. The first-order valence-corrected chi connectivity index (χ1v) is 8.57. The number of ether oxygens (including phenoxy) is 1. The molecule has 0 aliphatic rings. The highest BCUT2D eigenvalue weighted by Crippen LogP contribution is 2.27. The van der Waals surface area contributed by atoms with E-state index < -0.39 is 0 Å². The Morgan fingerprint density at radius 1 is 1.33 bits per heavy atom. The quantitative estimate of drug-likeness (QED) is 0.592. The third kappa shape index (κ3) is 4.35. The Bertz CT molecular complexity index is 507. The van der Waals surface area contributed by atoms with Crippen molar-refractivity contribution in [2.75, 3.05) is 18.6 Å². The smallest absolute Gasteiger partial charge is 0.175 e. The zero-order valence-corrected chi connectivity index (χ0v) is 12.8. The van der Waals surface area contributed by atoms with Crippen molar-refractivity contribution in [2.45, 2.75) is 8.68 Å². The normalized spacial score (nSPS) is 10.6. The van der Waals surface area contributed by atoms with Crippen LogP contribution in [0.5, 0.6) is 5.75 Å². The molecule has 2 rings (SSSR count). The molecule has 0 fully saturated rings. The van der Waals surface area contributed by atoms with Crippen LogP contribution in [0.1, 0.15) is 0 Å². The highest BCUT2D eigenvalue weighted by Gasteiger charge is 2.03. The highest BCUT2D eigenvalue weighted by molar-refractivity contribution is 8.02. The second-order valence-electron chi connectivity index (χ2n) is 3.19. The summed E-state index contributed by atoms with van der Waals surface area (Å²) in [6.45, 7) is 0.624. The van der Waals surface area contributed by atoms with Crippen LogP contribution in [0.3, 0.4) is 0 Å². The van der Waals surface area contributed by atoms with E-state index in [2.05, 4.69) is 10.2 Å². The van der Waals surface area contributed by atoms with E-state index in [0.717, 1.165) is 20.2 Å². The van der Waals surface area contributed by atoms with E-state index in [1.165, 1.54) is 0 Å². The van der Waals surface area contributed by atoms with Gasteiger partial charge in [0.05, 0.1) is 6.61 Å². The van der Waals surface area contributed by atoms with Gasteiger partial charge < -0.3 is 4.74 Å². The molecule has 3 nitrogen and oxygen atoms in total. The van der Waals surface area contributed by atoms with Crippen molar-refractivity contribution in [3.05, 3.63) is 29.3 Å². The van der Waals surface area contributed by atoms with Crippen molar-refractivity contribution in [2.24, 2.45) is 0 Å². The Kier molecular flexibility index (Phi) is 5.62. The van der Waals surface area contributed by atoms with Crippen molar-refractivity contribution >= 4 is 46.5 Å². The Hall–Kier alpha value is -0.430. The minimum atomic E-state index is 0.624. The van der Waals surface area contributed by atoms with Crippen LogP contribution in [-0.2, 0) is 0 Å². The van der Waals surface area contributed by atoms with Crippen molar-refractivity contribution < 1.29 is 4.74 Å². The van der Waals surface area contributed by atoms with Crippen molar-refractivity contribution in [1.82, 2.24) is 10.2 Å². The van der Waals surface area contributed by atoms with Gasteiger partial charge in [0.25, 0.3) is 0 Å². The fourth-order valence-electron chi connectivity index (χ4n) is 1.18. The largest absolute Gasteiger partial charge is 0.493 e. The zero-order valence-electron chi connectivity index (χ0n) is 9.63. The monoisotopic (exact) mass is 318 g/mol. The van der Waals surface area contributed by atoms with Gasteiger partial charge in [0, 0.05) is 10.8 Å². The van der Waals surface area contributed by atoms with Gasteiger partial charge in [0.1, 0.15) is 5.75 Å². The summed E-state index contributed by atoms with van der Waals surface area (Å²) in [4.78, 5) is 0. The lowest BCUT2D eigenvalue weighted by Crippen LogP contribution is -1.99. The number of halogens is 1. The molecular weight excluding hydrogens is 308 g/mol. The van der Waals surface area contributed by atoms with E-state index in [1.54, 1.807) is 34.9 Å². The first kappa shape index (κ1) is 14.0. The summed E-state index contributed by atoms with van der Waals surface area (Å²) in [6.07, 6.45) is 2.00. The lowest BCUT2D eigenvalue weighted by atomic mass is 10.3. The SMILES string of the molecule is CSc1nnc(SCCOc2cccc(Cl)c2)s1. The molecular formula is C11H11ClN2OS3. The van der Waals surface area contributed by atoms with Crippen molar-refractivity contribution in [3.63, 3.8) is 0 Å². The van der Waals surface area contributed by atoms with Gasteiger partial charge >= 0.3 is 0 Å². The summed E-state index contributed by atoms with van der Waals surface area (Å²) in [5.74, 6) is 1.64. The van der Waals surface area contributed by atoms with Crippen molar-refractivity contribution in [1.29, 1.82) is 0 Å². The third-order valence-corrected chi connectivity index (χ3v) is 5.17. The number of rotatable bonds is 6. The average molecular weight is 319 g/mol. The first-order chi connectivity index (χ1) is 8.78. The molecule has 0 atom stereocenters. The number of aromatic nitrogens is 2. The second-order valence-corrected chi connectivity index (χ2v) is 7.00. The van der Waals surface area contributed by atoms with Gasteiger partial charge in [-0.15, -0.1) is 10.2 Å². The molecule has 0 amide bonds. The average Bonchev–Trinajstić information content (AvgIpc) is 2.83. The molecule has 0 unspecified atom stereocenters. The minimum Gasteiger partial charge on any atom is -0.493 e. The Balaban J connectivity index is 1.72. The fourth-order valence-corrected chi connectivity index (χ4v) is 3.69. The van der Waals surface area contributed by atoms with Gasteiger partial charge in [0.15, 0.2) is 8.68 Å². The summed E-state index contributed by atoms with van der Waals surface area (Å²) in [5, 5.41) is 8.80. The van der Waals surface area contributed by atoms with Crippen LogP contribution in [0, 0.1) is 0 Å². The molecule has 2 aromatic rings. The van der Waals surface area contributed by atoms with E-state index in [-0.39, 0.29) is 0 Å². The van der Waals surface area contributed by atoms with Gasteiger partial charge in [-0.3, -0.25) is 0 Å². The van der Waals surface area contributed by atoms with Gasteiger partial charge in [-0.2, -0.15) is 0 Å². The minimum absolute atomic E-state index is 0.624. The van der Waals surface area contributed by atoms with Crippen LogP contribution in [-0.4, -0.2) is 28.8 Å². The lowest BCUT2D eigenvalue weighted by molar-refractivity contribution is 0.344. The van der Waals surface area contributed by atoms with Crippen LogP contribution >= 0.6 is 46.5 Å². The van der Waals surface area contributed by atoms with E-state index in [9.17, 15) is 0 Å². The lowest BCUT2D eigenvalue weighted by Gasteiger charge is -2.04. The van der Waals surface area contributed by atoms with Gasteiger partial charge in [-0.1, -0.05) is 52.5 Å². The van der Waals surface area contributed by atoms with Crippen molar-refractivity contribution in [3.8, 4) is 5.75 Å². The molecule has 0 saturated heterocycles. The molecule has 7 heteroatoms. The Labute approximate surface area is 123 Å². The topological polar surface area (TPSA) is 35.0 Å². The van der Waals surface area contributed by atoms with E-state index >= 15 is 0 Å². The van der Waals surface area contributed by atoms with Crippen LogP contribution in [0.2, 0.25) is 5.02 Å². The molecule has 18 heavy (non-hydrogen) atoms. The summed E-state index contributed by atoms with van der Waals surface area (Å²) < 4.78 is 7.56. The highest BCUT2D eigenvalue weighted by atomic mass is 35.5. The molecule has 1 heterocycles. The molecule has 1 aromatic heterocycles. The molecule has 0 aliphatic heterocycles. The number of benzene rings is 1. The Morgan fingerprint density at radius 2 is 2.17 bits per heavy atom. The molecule has 0 aliphatic carbocycles. The van der Waals surface area contributed by atoms with Gasteiger partial charge in [-0.05, 0) is 24.5 Å². The summed E-state index contributed by atoms with van der Waals surface area (Å²) >= 11 is 10.7. The molecule has 96 valence electrons. The predicted octanol–water partition coefficient (Wildman–Crippen LogP) is 4.08. The molecule has 1 aromatic carbocycles. The molecule has 0 N–H and O–H groups in total. The standard InChI is InChI=1S/C11H11ClN2OS3/c1-16-10-13-14-11(18-10)17-6-5-15-9-4-2-3-8(12)7-9/h2-4,7H,5-6H2,1H3. The maximum absolute atomic E-state index is 5.87. The van der Waals surface area contributed by atoms with E-state index in [0.29, 0.717) is 11.6 Å². The maximum atomic E-state index is 5.87.